The zero-order chi connectivity index (χ0) is 28.0. The minimum Gasteiger partial charge on any atom is -0.385 e. The molecule has 2 amide bonds. The predicted octanol–water partition coefficient (Wildman–Crippen LogP) is 5.42. The Labute approximate surface area is 238 Å². The van der Waals surface area contributed by atoms with Crippen molar-refractivity contribution in [2.75, 3.05) is 26.2 Å². The normalized spacial score (nSPS) is 23.2. The fourth-order valence-electron chi connectivity index (χ4n) is 6.63. The topological polar surface area (TPSA) is 95.7 Å². The van der Waals surface area contributed by atoms with Crippen molar-refractivity contribution in [2.45, 2.75) is 70.8 Å². The smallest absolute Gasteiger partial charge is 0.225 e. The van der Waals surface area contributed by atoms with Crippen LogP contribution in [0.15, 0.2) is 42.5 Å². The van der Waals surface area contributed by atoms with Gasteiger partial charge in [0.05, 0.1) is 5.60 Å². The number of nitrogens with one attached hydrogen (secondary N) is 1. The van der Waals surface area contributed by atoms with Gasteiger partial charge in [-0.25, -0.2) is 0 Å². The second-order valence-electron chi connectivity index (χ2n) is 11.6. The number of aryl methyl sites for hydroxylation is 1. The van der Waals surface area contributed by atoms with Crippen LogP contribution in [0.4, 0.5) is 0 Å². The van der Waals surface area contributed by atoms with Crippen LogP contribution in [0.5, 0.6) is 0 Å². The van der Waals surface area contributed by atoms with Crippen LogP contribution < -0.4 is 11.1 Å². The Bertz CT molecular complexity index is 1150. The highest BCUT2D eigenvalue weighted by molar-refractivity contribution is 6.33. The van der Waals surface area contributed by atoms with Crippen LogP contribution in [0.25, 0.3) is 11.1 Å². The minimum atomic E-state index is -1.21. The number of rotatable bonds is 9. The lowest BCUT2D eigenvalue weighted by Crippen LogP contribution is -2.50. The molecule has 0 radical (unpaired) electrons. The van der Waals surface area contributed by atoms with Crippen LogP contribution in [0.2, 0.25) is 5.02 Å². The molecule has 0 spiro atoms. The first-order valence-electron chi connectivity index (χ1n) is 14.5. The second-order valence-corrected chi connectivity index (χ2v) is 12.0. The monoisotopic (exact) mass is 553 g/mol. The fourth-order valence-corrected chi connectivity index (χ4v) is 6.91. The third-order valence-corrected chi connectivity index (χ3v) is 9.15. The van der Waals surface area contributed by atoms with E-state index < -0.39 is 5.60 Å². The lowest BCUT2D eigenvalue weighted by atomic mass is 9.72. The molecule has 4 N–H and O–H groups in total. The Morgan fingerprint density at radius 3 is 2.56 bits per heavy atom. The number of halogens is 1. The maximum atomic E-state index is 13.6. The molecule has 1 saturated heterocycles. The van der Waals surface area contributed by atoms with Crippen LogP contribution in [0.1, 0.15) is 69.4 Å². The zero-order valence-corrected chi connectivity index (χ0v) is 24.2. The van der Waals surface area contributed by atoms with Gasteiger partial charge >= 0.3 is 0 Å². The Kier molecular flexibility index (Phi) is 10.1. The van der Waals surface area contributed by atoms with E-state index in [-0.39, 0.29) is 23.7 Å². The molecule has 4 rings (SSSR count). The van der Waals surface area contributed by atoms with E-state index in [2.05, 4.69) is 11.4 Å². The quantitative estimate of drug-likeness (QED) is 0.361. The first-order valence-corrected chi connectivity index (χ1v) is 14.9. The zero-order valence-electron chi connectivity index (χ0n) is 23.4. The molecule has 2 atom stereocenters. The molecule has 0 aromatic heterocycles. The molecule has 2 unspecified atom stereocenters. The third kappa shape index (κ3) is 7.03. The lowest BCUT2D eigenvalue weighted by Gasteiger charge is -2.44. The summed E-state index contributed by atoms with van der Waals surface area (Å²) < 4.78 is 0. The fraction of sp³-hybridized carbons (Fsp3) is 0.562. The Morgan fingerprint density at radius 1 is 1.13 bits per heavy atom. The Hall–Kier alpha value is -2.41. The van der Waals surface area contributed by atoms with Crippen molar-refractivity contribution in [1.29, 1.82) is 0 Å². The largest absolute Gasteiger partial charge is 0.385 e. The summed E-state index contributed by atoms with van der Waals surface area (Å²) in [6.45, 7) is 5.98. The maximum Gasteiger partial charge on any atom is 0.225 e. The summed E-state index contributed by atoms with van der Waals surface area (Å²) in [6.07, 6.45) is 6.57. The summed E-state index contributed by atoms with van der Waals surface area (Å²) in [5, 5.41) is 16.1. The van der Waals surface area contributed by atoms with E-state index in [4.69, 9.17) is 17.3 Å². The summed E-state index contributed by atoms with van der Waals surface area (Å²) in [5.74, 6) is 0.574. The Balaban J connectivity index is 1.65. The number of benzene rings is 2. The van der Waals surface area contributed by atoms with E-state index in [0.29, 0.717) is 43.4 Å². The molecule has 2 fully saturated rings. The van der Waals surface area contributed by atoms with Crippen molar-refractivity contribution in [3.8, 4) is 11.1 Å². The second kappa shape index (κ2) is 13.3. The van der Waals surface area contributed by atoms with Crippen LogP contribution in [-0.4, -0.2) is 48.0 Å². The Morgan fingerprint density at radius 2 is 1.87 bits per heavy atom. The average molecular weight is 554 g/mol. The molecule has 1 saturated carbocycles. The maximum absolute atomic E-state index is 13.6. The summed E-state index contributed by atoms with van der Waals surface area (Å²) in [4.78, 5) is 27.1. The molecule has 7 heteroatoms. The average Bonchev–Trinajstić information content (AvgIpc) is 2.94. The molecular weight excluding hydrogens is 510 g/mol. The van der Waals surface area contributed by atoms with Gasteiger partial charge in [-0.3, -0.25) is 9.59 Å². The highest BCUT2D eigenvalue weighted by atomic mass is 35.5. The SMILES string of the molecule is CC(=O)NCCCC(O)(c1cccc(Cl)c1-c1cccc(C)c1)C1CCCN(C(=O)[C@H]2CC[C@H](CN)CC2)C1. The van der Waals surface area contributed by atoms with E-state index in [9.17, 15) is 14.7 Å². The van der Waals surface area contributed by atoms with Crippen LogP contribution in [0.3, 0.4) is 0 Å². The summed E-state index contributed by atoms with van der Waals surface area (Å²) in [7, 11) is 0. The summed E-state index contributed by atoms with van der Waals surface area (Å²) in [5.41, 5.74) is 8.39. The molecular formula is C32H44ClN3O3. The van der Waals surface area contributed by atoms with Crippen molar-refractivity contribution in [1.82, 2.24) is 10.2 Å². The van der Waals surface area contributed by atoms with Crippen LogP contribution >= 0.6 is 11.6 Å². The summed E-state index contributed by atoms with van der Waals surface area (Å²) >= 11 is 6.83. The molecule has 1 heterocycles. The highest BCUT2D eigenvalue weighted by Crippen LogP contribution is 2.46. The number of nitrogens with two attached hydrogens (primary N) is 1. The minimum absolute atomic E-state index is 0.0495. The number of amides is 2. The number of aliphatic hydroxyl groups is 1. The van der Waals surface area contributed by atoms with Crippen molar-refractivity contribution in [3.05, 3.63) is 58.6 Å². The molecule has 212 valence electrons. The number of hydrogen-bond acceptors (Lipinski definition) is 4. The predicted molar refractivity (Wildman–Crippen MR) is 157 cm³/mol. The first kappa shape index (κ1) is 29.6. The molecule has 2 aliphatic rings. The van der Waals surface area contributed by atoms with Gasteiger partial charge in [-0.15, -0.1) is 0 Å². The number of carbonyl (C=O) groups excluding carboxylic acids is 2. The molecule has 1 aliphatic heterocycles. The van der Waals surface area contributed by atoms with Gasteiger partial charge in [-0.2, -0.15) is 0 Å². The molecule has 1 aliphatic carbocycles. The van der Waals surface area contributed by atoms with Crippen molar-refractivity contribution < 1.29 is 14.7 Å². The molecule has 2 aromatic rings. The number of likely N-dealkylation sites (tertiary alicyclic amines) is 1. The molecule has 39 heavy (non-hydrogen) atoms. The van der Waals surface area contributed by atoms with Crippen molar-refractivity contribution in [3.63, 3.8) is 0 Å². The van der Waals surface area contributed by atoms with Gasteiger partial charge in [-0.05, 0) is 87.9 Å². The van der Waals surface area contributed by atoms with Gasteiger partial charge in [-0.1, -0.05) is 53.6 Å². The molecule has 2 aromatic carbocycles. The van der Waals surface area contributed by atoms with Gasteiger partial charge in [0.15, 0.2) is 0 Å². The van der Waals surface area contributed by atoms with E-state index in [1.54, 1.807) is 0 Å². The molecule has 6 nitrogen and oxygen atoms in total. The van der Waals surface area contributed by atoms with Gasteiger partial charge in [0.25, 0.3) is 0 Å². The van der Waals surface area contributed by atoms with E-state index in [0.717, 1.165) is 67.3 Å². The number of nitrogens with zero attached hydrogens (tertiary/aromatic N) is 1. The van der Waals surface area contributed by atoms with Crippen molar-refractivity contribution in [2.24, 2.45) is 23.5 Å². The summed E-state index contributed by atoms with van der Waals surface area (Å²) in [6, 6.07) is 13.9. The standard InChI is InChI=1S/C32H44ClN3O3/c1-22-7-3-8-26(19-22)30-28(10-4-11-29(30)33)32(39,16-6-17-35-23(2)37)27-9-5-18-36(21-27)31(38)25-14-12-24(20-34)13-15-25/h3-4,7-8,10-11,19,24-25,27,39H,5-6,9,12-18,20-21,34H2,1-2H3,(H,35,37)/t24-,25-,27?,32?. The lowest BCUT2D eigenvalue weighted by molar-refractivity contribution is -0.142. The number of piperidine rings is 1. The van der Waals surface area contributed by atoms with Gasteiger partial charge in [0.1, 0.15) is 0 Å². The van der Waals surface area contributed by atoms with Gasteiger partial charge in [0.2, 0.25) is 11.8 Å². The van der Waals surface area contributed by atoms with Crippen molar-refractivity contribution >= 4 is 23.4 Å². The first-order chi connectivity index (χ1) is 18.7. The number of carbonyl (C=O) groups is 2. The highest BCUT2D eigenvalue weighted by Gasteiger charge is 2.43. The van der Waals surface area contributed by atoms with Gasteiger partial charge in [0, 0.05) is 49.0 Å². The number of hydrogen-bond donors (Lipinski definition) is 3. The van der Waals surface area contributed by atoms with E-state index >= 15 is 0 Å². The van der Waals surface area contributed by atoms with E-state index in [1.807, 2.05) is 48.2 Å². The third-order valence-electron chi connectivity index (χ3n) is 8.83. The van der Waals surface area contributed by atoms with Crippen LogP contribution in [-0.2, 0) is 15.2 Å². The van der Waals surface area contributed by atoms with E-state index in [1.165, 1.54) is 6.92 Å². The molecule has 0 bridgehead atoms. The van der Waals surface area contributed by atoms with Crippen LogP contribution in [0, 0.1) is 24.7 Å². The van der Waals surface area contributed by atoms with Gasteiger partial charge < -0.3 is 21.1 Å².